The average molecular weight is 324 g/mol. The smallest absolute Gasteiger partial charge is 0.406 e. The largest absolute Gasteiger partial charge is 0.573 e. The van der Waals surface area contributed by atoms with E-state index >= 15 is 0 Å². The van der Waals surface area contributed by atoms with Gasteiger partial charge in [-0.25, -0.2) is 0 Å². The van der Waals surface area contributed by atoms with E-state index in [1.807, 2.05) is 6.92 Å². The first-order chi connectivity index (χ1) is 9.85. The monoisotopic (exact) mass is 323 g/mol. The minimum Gasteiger partial charge on any atom is -0.406 e. The van der Waals surface area contributed by atoms with E-state index in [9.17, 15) is 18.0 Å². The average Bonchev–Trinajstić information content (AvgIpc) is 2.42. The number of hydrogen-bond acceptors (Lipinski definition) is 2. The molecule has 1 aromatic carbocycles. The molecule has 0 aliphatic carbocycles. The fourth-order valence-corrected chi connectivity index (χ4v) is 2.06. The Kier molecular flexibility index (Phi) is 6.81. The molecule has 0 heterocycles. The van der Waals surface area contributed by atoms with Crippen LogP contribution in [0.2, 0.25) is 0 Å². The first-order valence-electron chi connectivity index (χ1n) is 6.55. The van der Waals surface area contributed by atoms with E-state index in [-0.39, 0.29) is 17.2 Å². The lowest BCUT2D eigenvalue weighted by atomic mass is 10.0. The number of rotatable bonds is 7. The molecule has 1 rings (SSSR count). The van der Waals surface area contributed by atoms with Crippen LogP contribution in [0.25, 0.3) is 0 Å². The zero-order valence-corrected chi connectivity index (χ0v) is 12.3. The van der Waals surface area contributed by atoms with Crippen molar-refractivity contribution in [1.29, 1.82) is 0 Å². The Balaban J connectivity index is 2.55. The van der Waals surface area contributed by atoms with Gasteiger partial charge in [0, 0.05) is 18.0 Å². The van der Waals surface area contributed by atoms with E-state index in [1.165, 1.54) is 12.1 Å². The molecule has 0 aromatic heterocycles. The molecule has 0 saturated carbocycles. The van der Waals surface area contributed by atoms with Crippen molar-refractivity contribution in [2.45, 2.75) is 26.1 Å². The van der Waals surface area contributed by atoms with Crippen LogP contribution >= 0.6 is 11.6 Å². The maximum Gasteiger partial charge on any atom is 0.573 e. The lowest BCUT2D eigenvalue weighted by molar-refractivity contribution is -0.274. The summed E-state index contributed by atoms with van der Waals surface area (Å²) in [6.45, 7) is 2.50. The van der Waals surface area contributed by atoms with Gasteiger partial charge in [0.1, 0.15) is 5.75 Å². The Bertz CT molecular complexity index is 449. The lowest BCUT2D eigenvalue weighted by Gasteiger charge is -2.14. The van der Waals surface area contributed by atoms with Crippen LogP contribution in [0.3, 0.4) is 0 Å². The Hall–Kier alpha value is -1.43. The molecule has 1 aromatic rings. The number of carbonyl (C=O) groups excluding carboxylic acids is 1. The highest BCUT2D eigenvalue weighted by atomic mass is 35.5. The second-order valence-electron chi connectivity index (χ2n) is 4.53. The SMILES string of the molecule is CCC(CCCl)CNC(=O)c1ccc(OC(F)(F)F)cc1. The molecule has 1 amide bonds. The van der Waals surface area contributed by atoms with Gasteiger partial charge in [-0.05, 0) is 36.6 Å². The van der Waals surface area contributed by atoms with E-state index < -0.39 is 6.36 Å². The van der Waals surface area contributed by atoms with Crippen LogP contribution in [0.5, 0.6) is 5.75 Å². The number of carbonyl (C=O) groups is 1. The maximum absolute atomic E-state index is 12.0. The molecule has 0 saturated heterocycles. The van der Waals surface area contributed by atoms with Crippen molar-refractivity contribution in [3.8, 4) is 5.75 Å². The number of amides is 1. The molecule has 0 aliphatic rings. The van der Waals surface area contributed by atoms with Crippen molar-refractivity contribution in [2.24, 2.45) is 5.92 Å². The Morgan fingerprint density at radius 3 is 2.43 bits per heavy atom. The predicted octanol–water partition coefficient (Wildman–Crippen LogP) is 3.97. The number of ether oxygens (including phenoxy) is 1. The molecule has 21 heavy (non-hydrogen) atoms. The van der Waals surface area contributed by atoms with Crippen molar-refractivity contribution < 1.29 is 22.7 Å². The standard InChI is InChI=1S/C14H17ClF3NO2/c1-2-10(7-8-15)9-19-13(20)11-3-5-12(6-4-11)21-14(16,17)18/h3-6,10H,2,7-9H2,1H3,(H,19,20). The second-order valence-corrected chi connectivity index (χ2v) is 4.91. The molecule has 7 heteroatoms. The molecular formula is C14H17ClF3NO2. The van der Waals surface area contributed by atoms with Gasteiger partial charge in [0.2, 0.25) is 0 Å². The summed E-state index contributed by atoms with van der Waals surface area (Å²) in [5.41, 5.74) is 0.283. The summed E-state index contributed by atoms with van der Waals surface area (Å²) < 4.78 is 39.8. The summed E-state index contributed by atoms with van der Waals surface area (Å²) in [6.07, 6.45) is -3.04. The third-order valence-electron chi connectivity index (χ3n) is 3.00. The van der Waals surface area contributed by atoms with Gasteiger partial charge in [-0.1, -0.05) is 13.3 Å². The minimum atomic E-state index is -4.74. The Labute approximate surface area is 126 Å². The van der Waals surface area contributed by atoms with Crippen LogP contribution in [0.15, 0.2) is 24.3 Å². The highest BCUT2D eigenvalue weighted by molar-refractivity contribution is 6.17. The van der Waals surface area contributed by atoms with E-state index in [1.54, 1.807) is 0 Å². The zero-order valence-electron chi connectivity index (χ0n) is 11.5. The number of hydrogen-bond donors (Lipinski definition) is 1. The molecular weight excluding hydrogens is 307 g/mol. The van der Waals surface area contributed by atoms with Gasteiger partial charge >= 0.3 is 6.36 Å². The minimum absolute atomic E-state index is 0.283. The highest BCUT2D eigenvalue weighted by Gasteiger charge is 2.31. The lowest BCUT2D eigenvalue weighted by Crippen LogP contribution is -2.29. The van der Waals surface area contributed by atoms with Gasteiger partial charge in [0.05, 0.1) is 0 Å². The molecule has 0 spiro atoms. The third-order valence-corrected chi connectivity index (χ3v) is 3.21. The van der Waals surface area contributed by atoms with Gasteiger partial charge in [0.15, 0.2) is 0 Å². The number of nitrogens with one attached hydrogen (secondary N) is 1. The third kappa shape index (κ3) is 6.71. The highest BCUT2D eigenvalue weighted by Crippen LogP contribution is 2.22. The molecule has 0 aliphatic heterocycles. The first-order valence-corrected chi connectivity index (χ1v) is 7.09. The number of halogens is 4. The summed E-state index contributed by atoms with van der Waals surface area (Å²) >= 11 is 5.66. The normalized spacial score (nSPS) is 12.8. The molecule has 1 atom stereocenters. The zero-order chi connectivity index (χ0) is 15.9. The van der Waals surface area contributed by atoms with Gasteiger partial charge < -0.3 is 10.1 Å². The summed E-state index contributed by atoms with van der Waals surface area (Å²) in [6, 6.07) is 4.80. The van der Waals surface area contributed by atoms with Gasteiger partial charge in [-0.15, -0.1) is 24.8 Å². The maximum atomic E-state index is 12.0. The Morgan fingerprint density at radius 1 is 1.33 bits per heavy atom. The van der Waals surface area contributed by atoms with Crippen LogP contribution < -0.4 is 10.1 Å². The number of alkyl halides is 4. The van der Waals surface area contributed by atoms with Gasteiger partial charge in [0.25, 0.3) is 5.91 Å². The van der Waals surface area contributed by atoms with E-state index in [0.717, 1.165) is 25.0 Å². The molecule has 0 bridgehead atoms. The van der Waals surface area contributed by atoms with Crippen LogP contribution in [0.4, 0.5) is 13.2 Å². The van der Waals surface area contributed by atoms with Crippen molar-refractivity contribution >= 4 is 17.5 Å². The van der Waals surface area contributed by atoms with Crippen molar-refractivity contribution in [3.63, 3.8) is 0 Å². The molecule has 0 fully saturated rings. The van der Waals surface area contributed by atoms with Crippen molar-refractivity contribution in [1.82, 2.24) is 5.32 Å². The second kappa shape index (κ2) is 8.12. The molecule has 3 nitrogen and oxygen atoms in total. The van der Waals surface area contributed by atoms with E-state index in [4.69, 9.17) is 11.6 Å². The molecule has 118 valence electrons. The summed E-state index contributed by atoms with van der Waals surface area (Å²) in [5.74, 6) is 0.131. The molecule has 0 radical (unpaired) electrons. The summed E-state index contributed by atoms with van der Waals surface area (Å²) in [4.78, 5) is 11.9. The van der Waals surface area contributed by atoms with Gasteiger partial charge in [-0.3, -0.25) is 4.79 Å². The Morgan fingerprint density at radius 2 is 1.95 bits per heavy atom. The van der Waals surface area contributed by atoms with Crippen LogP contribution in [-0.4, -0.2) is 24.7 Å². The quantitative estimate of drug-likeness (QED) is 0.771. The predicted molar refractivity (Wildman–Crippen MR) is 74.6 cm³/mol. The van der Waals surface area contributed by atoms with Crippen LogP contribution in [0.1, 0.15) is 30.1 Å². The van der Waals surface area contributed by atoms with E-state index in [2.05, 4.69) is 10.1 Å². The van der Waals surface area contributed by atoms with Crippen molar-refractivity contribution in [3.05, 3.63) is 29.8 Å². The molecule has 1 unspecified atom stereocenters. The van der Waals surface area contributed by atoms with Gasteiger partial charge in [-0.2, -0.15) is 0 Å². The fraction of sp³-hybridized carbons (Fsp3) is 0.500. The molecule has 1 N–H and O–H groups in total. The van der Waals surface area contributed by atoms with E-state index in [0.29, 0.717) is 18.3 Å². The van der Waals surface area contributed by atoms with Crippen molar-refractivity contribution in [2.75, 3.05) is 12.4 Å². The number of benzene rings is 1. The van der Waals surface area contributed by atoms with Crippen LogP contribution in [0, 0.1) is 5.92 Å². The summed E-state index contributed by atoms with van der Waals surface area (Å²) in [5, 5.41) is 2.74. The topological polar surface area (TPSA) is 38.3 Å². The fourth-order valence-electron chi connectivity index (χ4n) is 1.75. The van der Waals surface area contributed by atoms with Crippen LogP contribution in [-0.2, 0) is 0 Å². The first kappa shape index (κ1) is 17.6. The summed E-state index contributed by atoms with van der Waals surface area (Å²) in [7, 11) is 0.